The predicted molar refractivity (Wildman–Crippen MR) is 77.5 cm³/mol. The van der Waals surface area contributed by atoms with Gasteiger partial charge in [-0.15, -0.1) is 23.2 Å². The molecule has 2 unspecified atom stereocenters. The van der Waals surface area contributed by atoms with Gasteiger partial charge in [0, 0.05) is 6.42 Å². The van der Waals surface area contributed by atoms with E-state index in [1.807, 2.05) is 25.1 Å². The number of benzene rings is 1. The van der Waals surface area contributed by atoms with Gasteiger partial charge in [-0.05, 0) is 32.3 Å². The maximum Gasteiger partial charge on any atom is 0.315 e. The highest BCUT2D eigenvalue weighted by Crippen LogP contribution is 2.64. The smallest absolute Gasteiger partial charge is 0.315 e. The number of alkyl halides is 2. The minimum Gasteiger partial charge on any atom is -0.462 e. The van der Waals surface area contributed by atoms with Crippen LogP contribution in [0.15, 0.2) is 30.3 Å². The van der Waals surface area contributed by atoms with Crippen molar-refractivity contribution >= 4 is 29.2 Å². The zero-order chi connectivity index (χ0) is 14.1. The molecule has 0 bridgehead atoms. The van der Waals surface area contributed by atoms with Gasteiger partial charge < -0.3 is 4.74 Å². The van der Waals surface area contributed by atoms with E-state index in [4.69, 9.17) is 27.9 Å². The molecule has 1 aliphatic rings. The van der Waals surface area contributed by atoms with Gasteiger partial charge in [0.2, 0.25) is 0 Å². The third-order valence-electron chi connectivity index (χ3n) is 3.70. The van der Waals surface area contributed by atoms with Gasteiger partial charge in [-0.25, -0.2) is 0 Å². The lowest BCUT2D eigenvalue weighted by Crippen LogP contribution is -2.25. The van der Waals surface area contributed by atoms with Crippen LogP contribution in [0.25, 0.3) is 0 Å². The van der Waals surface area contributed by atoms with Crippen molar-refractivity contribution in [2.75, 3.05) is 0 Å². The lowest BCUT2D eigenvalue weighted by atomic mass is 10.1. The summed E-state index contributed by atoms with van der Waals surface area (Å²) in [5.74, 6) is -0.293. The summed E-state index contributed by atoms with van der Waals surface area (Å²) in [5.41, 5.74) is 0.504. The first-order valence-corrected chi connectivity index (χ1v) is 7.23. The van der Waals surface area contributed by atoms with E-state index in [1.54, 1.807) is 6.92 Å². The van der Waals surface area contributed by atoms with Crippen LogP contribution >= 0.6 is 23.2 Å². The van der Waals surface area contributed by atoms with E-state index in [2.05, 4.69) is 12.1 Å². The van der Waals surface area contributed by atoms with Crippen LogP contribution in [0.4, 0.5) is 0 Å². The van der Waals surface area contributed by atoms with E-state index < -0.39 is 9.75 Å². The predicted octanol–water partition coefficient (Wildman–Crippen LogP) is 4.13. The van der Waals surface area contributed by atoms with Crippen molar-refractivity contribution < 1.29 is 9.53 Å². The number of rotatable bonds is 5. The van der Waals surface area contributed by atoms with Crippen LogP contribution in [0.1, 0.15) is 32.3 Å². The van der Waals surface area contributed by atoms with Crippen LogP contribution in [0.3, 0.4) is 0 Å². The Morgan fingerprint density at radius 1 is 1.37 bits per heavy atom. The zero-order valence-corrected chi connectivity index (χ0v) is 12.7. The lowest BCUT2D eigenvalue weighted by molar-refractivity contribution is -0.154. The number of ether oxygens (including phenoxy) is 1. The third kappa shape index (κ3) is 3.24. The summed E-state index contributed by atoms with van der Waals surface area (Å²) in [6.45, 7) is 3.65. The van der Waals surface area contributed by atoms with Crippen molar-refractivity contribution in [3.05, 3.63) is 35.9 Å². The van der Waals surface area contributed by atoms with Crippen molar-refractivity contribution in [3.63, 3.8) is 0 Å². The third-order valence-corrected chi connectivity index (χ3v) is 4.80. The fourth-order valence-corrected chi connectivity index (χ4v) is 2.70. The Kier molecular flexibility index (Phi) is 4.12. The van der Waals surface area contributed by atoms with Crippen molar-refractivity contribution in [2.24, 2.45) is 5.41 Å². The van der Waals surface area contributed by atoms with Crippen molar-refractivity contribution in [1.82, 2.24) is 0 Å². The largest absolute Gasteiger partial charge is 0.462 e. The number of hydrogen-bond acceptors (Lipinski definition) is 2. The molecule has 4 heteroatoms. The van der Waals surface area contributed by atoms with Crippen LogP contribution in [-0.2, 0) is 16.0 Å². The maximum atomic E-state index is 12.0. The first kappa shape index (κ1) is 14.7. The molecule has 1 fully saturated rings. The minimum atomic E-state index is -0.955. The number of hydrogen-bond donors (Lipinski definition) is 0. The summed E-state index contributed by atoms with van der Waals surface area (Å²) >= 11 is 11.9. The molecule has 19 heavy (non-hydrogen) atoms. The van der Waals surface area contributed by atoms with Crippen LogP contribution < -0.4 is 0 Å². The summed E-state index contributed by atoms with van der Waals surface area (Å²) in [7, 11) is 0. The molecule has 0 spiro atoms. The molecule has 0 amide bonds. The molecule has 0 N–H and O–H groups in total. The van der Waals surface area contributed by atoms with E-state index in [9.17, 15) is 4.79 Å². The van der Waals surface area contributed by atoms with Gasteiger partial charge in [0.15, 0.2) is 0 Å². The van der Waals surface area contributed by atoms with Crippen LogP contribution in [-0.4, -0.2) is 16.4 Å². The molecule has 1 aromatic rings. The van der Waals surface area contributed by atoms with Crippen LogP contribution in [0.2, 0.25) is 0 Å². The SMILES string of the molecule is CC(CCc1ccccc1)OC(=O)C1(C)CC1(Cl)Cl. The van der Waals surface area contributed by atoms with Gasteiger partial charge in [0.1, 0.15) is 9.75 Å². The summed E-state index contributed by atoms with van der Waals surface area (Å²) in [5, 5.41) is 0. The summed E-state index contributed by atoms with van der Waals surface area (Å²) in [6, 6.07) is 10.1. The topological polar surface area (TPSA) is 26.3 Å². The molecule has 0 aliphatic heterocycles. The molecule has 0 saturated heterocycles. The Hall–Kier alpha value is -0.730. The molecular formula is C15H18Cl2O2. The monoisotopic (exact) mass is 300 g/mol. The quantitative estimate of drug-likeness (QED) is 0.603. The second kappa shape index (κ2) is 5.34. The van der Waals surface area contributed by atoms with Crippen molar-refractivity contribution in [1.29, 1.82) is 0 Å². The Bertz CT molecular complexity index is 458. The lowest BCUT2D eigenvalue weighted by Gasteiger charge is -2.17. The molecule has 1 aromatic carbocycles. The highest BCUT2D eigenvalue weighted by atomic mass is 35.5. The normalized spacial score (nSPS) is 25.7. The van der Waals surface area contributed by atoms with Gasteiger partial charge >= 0.3 is 5.97 Å². The van der Waals surface area contributed by atoms with E-state index in [1.165, 1.54) is 5.56 Å². The molecule has 104 valence electrons. The molecule has 2 nitrogen and oxygen atoms in total. The van der Waals surface area contributed by atoms with Gasteiger partial charge in [-0.1, -0.05) is 30.3 Å². The summed E-state index contributed by atoms with van der Waals surface area (Å²) in [6.07, 6.45) is 2.02. The second-order valence-corrected chi connectivity index (χ2v) is 6.94. The fourth-order valence-electron chi connectivity index (χ4n) is 2.01. The van der Waals surface area contributed by atoms with E-state index in [0.717, 1.165) is 12.8 Å². The maximum absolute atomic E-state index is 12.0. The number of aryl methyl sites for hydroxylation is 1. The highest BCUT2D eigenvalue weighted by Gasteiger charge is 2.69. The summed E-state index contributed by atoms with van der Waals surface area (Å²) < 4.78 is 4.47. The Labute approximate surface area is 124 Å². The number of esters is 1. The number of halogens is 2. The second-order valence-electron chi connectivity index (χ2n) is 5.45. The van der Waals surface area contributed by atoms with Gasteiger partial charge in [-0.2, -0.15) is 0 Å². The average molecular weight is 301 g/mol. The Balaban J connectivity index is 1.79. The van der Waals surface area contributed by atoms with Crippen LogP contribution in [0.5, 0.6) is 0 Å². The molecule has 2 atom stereocenters. The van der Waals surface area contributed by atoms with E-state index in [-0.39, 0.29) is 12.1 Å². The Morgan fingerprint density at radius 2 is 1.95 bits per heavy atom. The first-order chi connectivity index (χ1) is 8.85. The number of carbonyl (C=O) groups is 1. The Morgan fingerprint density at radius 3 is 2.47 bits per heavy atom. The van der Waals surface area contributed by atoms with Gasteiger partial charge in [0.05, 0.1) is 6.10 Å². The van der Waals surface area contributed by atoms with Crippen molar-refractivity contribution in [3.8, 4) is 0 Å². The van der Waals surface area contributed by atoms with Crippen molar-refractivity contribution in [2.45, 2.75) is 43.5 Å². The first-order valence-electron chi connectivity index (χ1n) is 6.48. The molecule has 2 rings (SSSR count). The molecule has 0 aromatic heterocycles. The molecule has 1 saturated carbocycles. The number of carbonyl (C=O) groups excluding carboxylic acids is 1. The molecule has 0 radical (unpaired) electrons. The fraction of sp³-hybridized carbons (Fsp3) is 0.533. The van der Waals surface area contributed by atoms with E-state index in [0.29, 0.717) is 6.42 Å². The van der Waals surface area contributed by atoms with Crippen LogP contribution in [0, 0.1) is 5.41 Å². The average Bonchev–Trinajstić information content (AvgIpc) is 2.89. The standard InChI is InChI=1S/C15H18Cl2O2/c1-11(8-9-12-6-4-3-5-7-12)19-13(18)14(2)10-15(14,16)17/h3-7,11H,8-10H2,1-2H3. The molecule has 0 heterocycles. The summed E-state index contributed by atoms with van der Waals surface area (Å²) in [4.78, 5) is 12.0. The molecular weight excluding hydrogens is 283 g/mol. The van der Waals surface area contributed by atoms with E-state index >= 15 is 0 Å². The van der Waals surface area contributed by atoms with Gasteiger partial charge in [-0.3, -0.25) is 4.79 Å². The molecule has 1 aliphatic carbocycles. The highest BCUT2D eigenvalue weighted by molar-refractivity contribution is 6.53. The zero-order valence-electron chi connectivity index (χ0n) is 11.2. The minimum absolute atomic E-state index is 0.130. The van der Waals surface area contributed by atoms with Gasteiger partial charge in [0.25, 0.3) is 0 Å².